The van der Waals surface area contributed by atoms with E-state index in [-0.39, 0.29) is 10.8 Å². The largest absolute Gasteiger partial charge is 0.399 e. The molecule has 1 rings (SSSR count). The van der Waals surface area contributed by atoms with Gasteiger partial charge in [0.1, 0.15) is 0 Å². The molecule has 0 spiro atoms. The van der Waals surface area contributed by atoms with Gasteiger partial charge in [-0.15, -0.1) is 6.42 Å². The van der Waals surface area contributed by atoms with E-state index in [4.69, 9.17) is 12.2 Å². The van der Waals surface area contributed by atoms with Gasteiger partial charge in [0.25, 0.3) is 0 Å². The van der Waals surface area contributed by atoms with Gasteiger partial charge in [0.05, 0.1) is 10.9 Å². The van der Waals surface area contributed by atoms with Crippen molar-refractivity contribution in [2.75, 3.05) is 5.73 Å². The second kappa shape index (κ2) is 5.42. The molecule has 0 bridgehead atoms. The van der Waals surface area contributed by atoms with Crippen molar-refractivity contribution in [3.05, 3.63) is 23.8 Å². The molecular weight excluding hydrogens is 248 g/mol. The lowest BCUT2D eigenvalue weighted by molar-refractivity contribution is 0.518. The van der Waals surface area contributed by atoms with E-state index in [0.29, 0.717) is 5.69 Å². The van der Waals surface area contributed by atoms with Crippen molar-refractivity contribution in [3.8, 4) is 12.3 Å². The third kappa shape index (κ3) is 3.49. The molecule has 3 N–H and O–H groups in total. The van der Waals surface area contributed by atoms with Gasteiger partial charge in [-0.1, -0.05) is 19.8 Å². The van der Waals surface area contributed by atoms with Crippen LogP contribution in [0.5, 0.6) is 0 Å². The number of nitrogen functional groups attached to an aromatic ring is 1. The van der Waals surface area contributed by atoms with Crippen molar-refractivity contribution in [2.45, 2.75) is 31.7 Å². The van der Waals surface area contributed by atoms with Crippen molar-refractivity contribution >= 4 is 15.7 Å². The van der Waals surface area contributed by atoms with Crippen LogP contribution in [-0.4, -0.2) is 14.5 Å². The molecular formula is C13H18N2O2S. The minimum absolute atomic E-state index is 0.0203. The molecule has 0 aliphatic rings. The first-order chi connectivity index (χ1) is 8.26. The number of rotatable bonds is 4. The zero-order valence-electron chi connectivity index (χ0n) is 10.8. The zero-order valence-corrected chi connectivity index (χ0v) is 11.6. The molecule has 0 fully saturated rings. The van der Waals surface area contributed by atoms with E-state index in [1.807, 2.05) is 13.8 Å². The maximum Gasteiger partial charge on any atom is 0.241 e. The molecule has 0 amide bonds. The number of nitrogens with one attached hydrogen (secondary N) is 1. The van der Waals surface area contributed by atoms with Crippen LogP contribution in [0.15, 0.2) is 23.1 Å². The second-order valence-corrected chi connectivity index (χ2v) is 6.30. The minimum Gasteiger partial charge on any atom is -0.399 e. The lowest BCUT2D eigenvalue weighted by Gasteiger charge is -2.17. The number of nitrogens with two attached hydrogens (primary N) is 1. The fraction of sp³-hybridized carbons (Fsp3) is 0.385. The van der Waals surface area contributed by atoms with E-state index >= 15 is 0 Å². The Morgan fingerprint density at radius 3 is 2.39 bits per heavy atom. The quantitative estimate of drug-likeness (QED) is 0.641. The molecule has 4 nitrogen and oxygen atoms in total. The fourth-order valence-electron chi connectivity index (χ4n) is 1.53. The summed E-state index contributed by atoms with van der Waals surface area (Å²) in [6, 6.07) is 4.16. The number of anilines is 1. The predicted octanol–water partition coefficient (Wildman–Crippen LogP) is 1.51. The third-order valence-electron chi connectivity index (χ3n) is 2.51. The maximum atomic E-state index is 12.1. The Balaban J connectivity index is 3.11. The van der Waals surface area contributed by atoms with E-state index in [9.17, 15) is 8.42 Å². The lowest BCUT2D eigenvalue weighted by Crippen LogP contribution is -2.37. The van der Waals surface area contributed by atoms with Gasteiger partial charge in [0, 0.05) is 5.69 Å². The predicted molar refractivity (Wildman–Crippen MR) is 73.4 cm³/mol. The van der Waals surface area contributed by atoms with Crippen molar-refractivity contribution in [1.29, 1.82) is 0 Å². The van der Waals surface area contributed by atoms with Crippen LogP contribution in [-0.2, 0) is 10.0 Å². The molecule has 0 saturated heterocycles. The molecule has 98 valence electrons. The lowest BCUT2D eigenvalue weighted by atomic mass is 10.1. The molecule has 1 aromatic carbocycles. The highest BCUT2D eigenvalue weighted by Gasteiger charge is 2.21. The van der Waals surface area contributed by atoms with Gasteiger partial charge in [0.2, 0.25) is 10.0 Å². The van der Waals surface area contributed by atoms with E-state index in [1.165, 1.54) is 6.07 Å². The summed E-state index contributed by atoms with van der Waals surface area (Å²) in [4.78, 5) is 0.140. The molecule has 0 aliphatic heterocycles. The summed E-state index contributed by atoms with van der Waals surface area (Å²) in [5.74, 6) is 2.46. The third-order valence-corrected chi connectivity index (χ3v) is 3.93. The molecule has 0 aromatic heterocycles. The second-order valence-electron chi connectivity index (χ2n) is 4.59. The van der Waals surface area contributed by atoms with Gasteiger partial charge >= 0.3 is 0 Å². The maximum absolute atomic E-state index is 12.1. The molecule has 0 radical (unpaired) electrons. The van der Waals surface area contributed by atoms with Crippen LogP contribution in [0.25, 0.3) is 0 Å². The Morgan fingerprint density at radius 1 is 1.33 bits per heavy atom. The van der Waals surface area contributed by atoms with Crippen LogP contribution < -0.4 is 10.5 Å². The highest BCUT2D eigenvalue weighted by molar-refractivity contribution is 7.89. The summed E-state index contributed by atoms with van der Waals surface area (Å²) in [6.45, 7) is 5.51. The average Bonchev–Trinajstić information content (AvgIpc) is 2.24. The first-order valence-corrected chi connectivity index (χ1v) is 7.10. The van der Waals surface area contributed by atoms with Crippen molar-refractivity contribution in [3.63, 3.8) is 0 Å². The van der Waals surface area contributed by atoms with E-state index in [0.717, 1.165) is 5.56 Å². The average molecular weight is 266 g/mol. The van der Waals surface area contributed by atoms with Gasteiger partial charge in [-0.25, -0.2) is 8.42 Å². The van der Waals surface area contributed by atoms with E-state index in [2.05, 4.69) is 10.6 Å². The first kappa shape index (κ1) is 14.6. The SMILES string of the molecule is C#CC(NS(=O)(=O)c1cc(C)cc(N)c1)C(C)C. The summed E-state index contributed by atoms with van der Waals surface area (Å²) in [7, 11) is -3.63. The van der Waals surface area contributed by atoms with E-state index in [1.54, 1.807) is 19.1 Å². The van der Waals surface area contributed by atoms with Gasteiger partial charge < -0.3 is 5.73 Å². The van der Waals surface area contributed by atoms with Crippen molar-refractivity contribution in [2.24, 2.45) is 5.92 Å². The van der Waals surface area contributed by atoms with Crippen LogP contribution in [0.3, 0.4) is 0 Å². The molecule has 0 saturated carbocycles. The number of terminal acetylenes is 1. The highest BCUT2D eigenvalue weighted by atomic mass is 32.2. The molecule has 5 heteroatoms. The van der Waals surface area contributed by atoms with E-state index < -0.39 is 16.1 Å². The number of hydrogen-bond donors (Lipinski definition) is 2. The molecule has 18 heavy (non-hydrogen) atoms. The molecule has 0 aliphatic carbocycles. The standard InChI is InChI=1S/C13H18N2O2S/c1-5-13(9(2)3)15-18(16,17)12-7-10(4)6-11(14)8-12/h1,6-9,13,15H,14H2,2-4H3. The Bertz CT molecular complexity index is 551. The Labute approximate surface area is 109 Å². The van der Waals surface area contributed by atoms with Gasteiger partial charge in [-0.3, -0.25) is 0 Å². The van der Waals surface area contributed by atoms with Crippen LogP contribution in [0, 0.1) is 25.2 Å². The van der Waals surface area contributed by atoms with Crippen molar-refractivity contribution in [1.82, 2.24) is 4.72 Å². The monoisotopic (exact) mass is 266 g/mol. The summed E-state index contributed by atoms with van der Waals surface area (Å²) in [6.07, 6.45) is 5.32. The highest BCUT2D eigenvalue weighted by Crippen LogP contribution is 2.17. The number of sulfonamides is 1. The van der Waals surface area contributed by atoms with Crippen LogP contribution >= 0.6 is 0 Å². The fourth-order valence-corrected chi connectivity index (χ4v) is 2.97. The smallest absolute Gasteiger partial charge is 0.241 e. The van der Waals surface area contributed by atoms with Crippen LogP contribution in [0.1, 0.15) is 19.4 Å². The van der Waals surface area contributed by atoms with Gasteiger partial charge in [-0.05, 0) is 36.6 Å². The molecule has 1 unspecified atom stereocenters. The van der Waals surface area contributed by atoms with Crippen LogP contribution in [0.2, 0.25) is 0 Å². The van der Waals surface area contributed by atoms with Gasteiger partial charge in [-0.2, -0.15) is 4.72 Å². The van der Waals surface area contributed by atoms with Gasteiger partial charge in [0.15, 0.2) is 0 Å². The summed E-state index contributed by atoms with van der Waals surface area (Å²) in [5, 5.41) is 0. The molecule has 1 aromatic rings. The normalized spacial score (nSPS) is 13.3. The van der Waals surface area contributed by atoms with Crippen molar-refractivity contribution < 1.29 is 8.42 Å². The summed E-state index contributed by atoms with van der Waals surface area (Å²) < 4.78 is 26.8. The number of benzene rings is 1. The Hall–Kier alpha value is -1.51. The first-order valence-electron chi connectivity index (χ1n) is 5.62. The van der Waals surface area contributed by atoms with Crippen LogP contribution in [0.4, 0.5) is 5.69 Å². The Morgan fingerprint density at radius 2 is 1.94 bits per heavy atom. The Kier molecular flexibility index (Phi) is 4.38. The molecule has 1 atom stereocenters. The topological polar surface area (TPSA) is 72.2 Å². The number of aryl methyl sites for hydroxylation is 1. The molecule has 0 heterocycles. The number of hydrogen-bond acceptors (Lipinski definition) is 3. The summed E-state index contributed by atoms with van der Waals surface area (Å²) in [5.41, 5.74) is 6.85. The zero-order chi connectivity index (χ0) is 13.9. The minimum atomic E-state index is -3.63. The summed E-state index contributed by atoms with van der Waals surface area (Å²) >= 11 is 0.